The van der Waals surface area contributed by atoms with Crippen molar-refractivity contribution in [1.82, 2.24) is 4.90 Å². The lowest BCUT2D eigenvalue weighted by Crippen LogP contribution is -2.30. The van der Waals surface area contributed by atoms with Crippen LogP contribution in [-0.4, -0.2) is 41.7 Å². The number of benzene rings is 1. The zero-order valence-electron chi connectivity index (χ0n) is 12.0. The zero-order chi connectivity index (χ0) is 14.3. The van der Waals surface area contributed by atoms with Gasteiger partial charge in [0.25, 0.3) is 0 Å². The molecular formula is C15H21ClN2O3. The number of ether oxygens (including phenoxy) is 1. The molecule has 0 aliphatic carbocycles. The van der Waals surface area contributed by atoms with E-state index in [1.807, 2.05) is 13.0 Å². The minimum atomic E-state index is -0.554. The molecule has 0 spiro atoms. The summed E-state index contributed by atoms with van der Waals surface area (Å²) >= 11 is 0. The summed E-state index contributed by atoms with van der Waals surface area (Å²) in [7, 11) is 0. The summed E-state index contributed by atoms with van der Waals surface area (Å²) in [5.41, 5.74) is 9.25. The number of carbonyl (C=O) groups excluding carboxylic acids is 1. The average Bonchev–Trinajstić information content (AvgIpc) is 2.97. The number of cyclic esters (lactones) is 1. The highest BCUT2D eigenvalue weighted by molar-refractivity contribution is 5.93. The lowest BCUT2D eigenvalue weighted by Gasteiger charge is -2.21. The summed E-state index contributed by atoms with van der Waals surface area (Å²) in [6.07, 6.45) is 0.430. The van der Waals surface area contributed by atoms with E-state index in [-0.39, 0.29) is 24.4 Å². The number of halogens is 1. The third-order valence-electron chi connectivity index (χ3n) is 4.31. The fourth-order valence-electron chi connectivity index (χ4n) is 3.10. The number of likely N-dealkylation sites (tertiary alicyclic amines) is 1. The lowest BCUT2D eigenvalue weighted by molar-refractivity contribution is 0.0535. The van der Waals surface area contributed by atoms with Gasteiger partial charge in [-0.2, -0.15) is 0 Å². The SMILES string of the molecule is Cc1c([C@@H](O)CN2CC[C@H](N)C2)ccc2c1COC2=O.Cl. The largest absolute Gasteiger partial charge is 0.457 e. The highest BCUT2D eigenvalue weighted by Gasteiger charge is 2.27. The molecule has 1 fully saturated rings. The third-order valence-corrected chi connectivity index (χ3v) is 4.31. The van der Waals surface area contributed by atoms with Gasteiger partial charge in [-0.3, -0.25) is 4.90 Å². The molecule has 3 rings (SSSR count). The van der Waals surface area contributed by atoms with Gasteiger partial charge in [-0.25, -0.2) is 4.79 Å². The predicted octanol–water partition coefficient (Wildman–Crippen LogP) is 1.15. The lowest BCUT2D eigenvalue weighted by atomic mass is 9.95. The molecule has 2 heterocycles. The van der Waals surface area contributed by atoms with E-state index >= 15 is 0 Å². The van der Waals surface area contributed by atoms with Gasteiger partial charge in [0.15, 0.2) is 0 Å². The number of aliphatic hydroxyl groups excluding tert-OH is 1. The first kappa shape index (κ1) is 16.2. The van der Waals surface area contributed by atoms with Crippen LogP contribution in [0.15, 0.2) is 12.1 Å². The first-order valence-corrected chi connectivity index (χ1v) is 7.01. The van der Waals surface area contributed by atoms with Crippen LogP contribution in [0.5, 0.6) is 0 Å². The van der Waals surface area contributed by atoms with Crippen molar-refractivity contribution in [2.24, 2.45) is 5.73 Å². The molecule has 0 amide bonds. The molecule has 0 unspecified atom stereocenters. The van der Waals surface area contributed by atoms with Crippen molar-refractivity contribution in [1.29, 1.82) is 0 Å². The highest BCUT2D eigenvalue weighted by Crippen LogP contribution is 2.29. The van der Waals surface area contributed by atoms with Crippen LogP contribution in [0, 0.1) is 6.92 Å². The minimum Gasteiger partial charge on any atom is -0.457 e. The first-order valence-electron chi connectivity index (χ1n) is 7.01. The average molecular weight is 313 g/mol. The second-order valence-corrected chi connectivity index (χ2v) is 5.71. The van der Waals surface area contributed by atoms with Gasteiger partial charge < -0.3 is 15.6 Å². The molecule has 2 atom stereocenters. The maximum absolute atomic E-state index is 11.5. The number of nitrogens with two attached hydrogens (primary N) is 1. The number of hydrogen-bond donors (Lipinski definition) is 2. The quantitative estimate of drug-likeness (QED) is 0.819. The van der Waals surface area contributed by atoms with Crippen LogP contribution >= 0.6 is 12.4 Å². The first-order chi connectivity index (χ1) is 9.56. The second kappa shape index (κ2) is 6.32. The maximum atomic E-state index is 11.5. The monoisotopic (exact) mass is 312 g/mol. The predicted molar refractivity (Wildman–Crippen MR) is 81.5 cm³/mol. The minimum absolute atomic E-state index is 0. The van der Waals surface area contributed by atoms with E-state index in [1.54, 1.807) is 6.07 Å². The fraction of sp³-hybridized carbons (Fsp3) is 0.533. The summed E-state index contributed by atoms with van der Waals surface area (Å²) < 4.78 is 5.04. The molecule has 0 bridgehead atoms. The molecule has 21 heavy (non-hydrogen) atoms. The van der Waals surface area contributed by atoms with Crippen molar-refractivity contribution in [3.63, 3.8) is 0 Å². The summed E-state index contributed by atoms with van der Waals surface area (Å²) in [6.45, 7) is 4.61. The molecule has 0 radical (unpaired) electrons. The number of esters is 1. The van der Waals surface area contributed by atoms with E-state index in [9.17, 15) is 9.90 Å². The maximum Gasteiger partial charge on any atom is 0.338 e. The zero-order valence-corrected chi connectivity index (χ0v) is 12.9. The molecule has 6 heteroatoms. The molecule has 2 aliphatic heterocycles. The van der Waals surface area contributed by atoms with E-state index in [0.29, 0.717) is 18.7 Å². The third kappa shape index (κ3) is 3.06. The van der Waals surface area contributed by atoms with Crippen molar-refractivity contribution in [2.75, 3.05) is 19.6 Å². The molecule has 116 valence electrons. The Hall–Kier alpha value is -1.14. The van der Waals surface area contributed by atoms with Gasteiger partial charge in [0.2, 0.25) is 0 Å². The van der Waals surface area contributed by atoms with Gasteiger partial charge in [0.1, 0.15) is 6.61 Å². The fourth-order valence-corrected chi connectivity index (χ4v) is 3.10. The molecule has 2 aliphatic rings. The molecule has 5 nitrogen and oxygen atoms in total. The number of hydrogen-bond acceptors (Lipinski definition) is 5. The summed E-state index contributed by atoms with van der Waals surface area (Å²) in [6, 6.07) is 3.81. The van der Waals surface area contributed by atoms with E-state index in [4.69, 9.17) is 10.5 Å². The topological polar surface area (TPSA) is 75.8 Å². The van der Waals surface area contributed by atoms with Crippen molar-refractivity contribution in [3.05, 3.63) is 34.4 Å². The number of rotatable bonds is 3. The van der Waals surface area contributed by atoms with Crippen molar-refractivity contribution >= 4 is 18.4 Å². The van der Waals surface area contributed by atoms with Crippen molar-refractivity contribution in [3.8, 4) is 0 Å². The normalized spacial score (nSPS) is 22.6. The van der Waals surface area contributed by atoms with Gasteiger partial charge in [0.05, 0.1) is 11.7 Å². The van der Waals surface area contributed by atoms with Crippen LogP contribution < -0.4 is 5.73 Å². The van der Waals surface area contributed by atoms with E-state index in [2.05, 4.69) is 4.90 Å². The highest BCUT2D eigenvalue weighted by atomic mass is 35.5. The number of fused-ring (bicyclic) bond motifs is 1. The van der Waals surface area contributed by atoms with Crippen LogP contribution in [-0.2, 0) is 11.3 Å². The van der Waals surface area contributed by atoms with Crippen LogP contribution in [0.2, 0.25) is 0 Å². The molecule has 0 aromatic heterocycles. The Morgan fingerprint density at radius 3 is 2.95 bits per heavy atom. The molecule has 1 aromatic rings. The standard InChI is InChI=1S/C15H20N2O3.ClH/c1-9-11(2-3-12-13(9)8-20-15(12)19)14(18)7-17-5-4-10(16)6-17;/h2-3,10,14,18H,4-8,16H2,1H3;1H/t10-,14-;/m0./s1. The Kier molecular flexibility index (Phi) is 4.88. The molecular weight excluding hydrogens is 292 g/mol. The number of nitrogens with zero attached hydrogens (tertiary/aromatic N) is 1. The van der Waals surface area contributed by atoms with E-state index < -0.39 is 6.10 Å². The summed E-state index contributed by atoms with van der Waals surface area (Å²) in [4.78, 5) is 13.7. The summed E-state index contributed by atoms with van der Waals surface area (Å²) in [5.74, 6) is -0.269. The number of β-amino-alcohol motifs (C(OH)–C–C–N with tert-alkyl or cyclic N) is 1. The van der Waals surface area contributed by atoms with E-state index in [0.717, 1.165) is 36.2 Å². The number of carbonyl (C=O) groups is 1. The summed E-state index contributed by atoms with van der Waals surface area (Å²) in [5, 5.41) is 10.4. The number of aliphatic hydroxyl groups is 1. The molecule has 1 saturated heterocycles. The van der Waals surface area contributed by atoms with Crippen LogP contribution in [0.1, 0.15) is 39.6 Å². The molecule has 3 N–H and O–H groups in total. The molecule has 1 aromatic carbocycles. The Bertz CT molecular complexity index is 550. The van der Waals surface area contributed by atoms with Crippen molar-refractivity contribution < 1.29 is 14.6 Å². The van der Waals surface area contributed by atoms with E-state index in [1.165, 1.54) is 0 Å². The van der Waals surface area contributed by atoms with Gasteiger partial charge in [-0.05, 0) is 37.1 Å². The van der Waals surface area contributed by atoms with Crippen LogP contribution in [0.25, 0.3) is 0 Å². The van der Waals surface area contributed by atoms with Crippen LogP contribution in [0.4, 0.5) is 0 Å². The van der Waals surface area contributed by atoms with Gasteiger partial charge in [0, 0.05) is 24.7 Å². The van der Waals surface area contributed by atoms with Gasteiger partial charge >= 0.3 is 5.97 Å². The Morgan fingerprint density at radius 2 is 2.29 bits per heavy atom. The molecule has 0 saturated carbocycles. The Morgan fingerprint density at radius 1 is 1.52 bits per heavy atom. The second-order valence-electron chi connectivity index (χ2n) is 5.71. The van der Waals surface area contributed by atoms with Gasteiger partial charge in [-0.1, -0.05) is 6.07 Å². The van der Waals surface area contributed by atoms with Gasteiger partial charge in [-0.15, -0.1) is 12.4 Å². The van der Waals surface area contributed by atoms with Crippen LogP contribution in [0.3, 0.4) is 0 Å². The Labute approximate surface area is 130 Å². The van der Waals surface area contributed by atoms with Crippen molar-refractivity contribution in [2.45, 2.75) is 32.1 Å². The Balaban J connectivity index is 0.00000161. The smallest absolute Gasteiger partial charge is 0.338 e.